The Hall–Kier alpha value is -3.36. The number of hydrogen-bond donors (Lipinski definition) is 0. The minimum absolute atomic E-state index is 0.0742. The Morgan fingerprint density at radius 1 is 1.06 bits per heavy atom. The summed E-state index contributed by atoms with van der Waals surface area (Å²) >= 11 is 0. The standard InChI is InChI=1S/C23H19F3O6/c1-11-7-16-9-14(22(29)30-16)10-18-19(12(2)20(27)31-18)17(8-11)32-21(28)13-3-5-15(6-4-13)23(24,25)26/h3-6,8-9,16-19H,2,7,10H2,1H3/b11-8+/t16-,17+,18-,19-/m0/s1. The largest absolute Gasteiger partial charge is 0.458 e. The van der Waals surface area contributed by atoms with Crippen molar-refractivity contribution in [2.24, 2.45) is 5.92 Å². The molecule has 1 aromatic rings. The topological polar surface area (TPSA) is 78.9 Å². The first-order chi connectivity index (χ1) is 15.0. The van der Waals surface area contributed by atoms with Crippen molar-refractivity contribution < 1.29 is 41.8 Å². The van der Waals surface area contributed by atoms with Gasteiger partial charge in [0.15, 0.2) is 0 Å². The van der Waals surface area contributed by atoms with Crippen LogP contribution in [0.4, 0.5) is 13.2 Å². The average Bonchev–Trinajstić information content (AvgIpc) is 3.18. The SMILES string of the molecule is C=C1C(=O)O[C@H]2CC3=C[C@H](C/C(C)=C/[C@@H](OC(=O)c4ccc(C(F)(F)F)cc4)[C@H]12)OC3=O. The van der Waals surface area contributed by atoms with Gasteiger partial charge in [0, 0.05) is 24.0 Å². The van der Waals surface area contributed by atoms with Crippen molar-refractivity contribution in [3.63, 3.8) is 0 Å². The number of rotatable bonds is 2. The number of benzene rings is 1. The van der Waals surface area contributed by atoms with Gasteiger partial charge in [0.2, 0.25) is 0 Å². The predicted octanol–water partition coefficient (Wildman–Crippen LogP) is 3.92. The molecule has 0 radical (unpaired) electrons. The van der Waals surface area contributed by atoms with E-state index in [0.29, 0.717) is 12.0 Å². The third kappa shape index (κ3) is 4.19. The van der Waals surface area contributed by atoms with Crippen molar-refractivity contribution in [1.82, 2.24) is 0 Å². The van der Waals surface area contributed by atoms with Crippen LogP contribution in [0, 0.1) is 5.92 Å². The van der Waals surface area contributed by atoms with E-state index in [9.17, 15) is 27.6 Å². The Labute approximate surface area is 181 Å². The first kappa shape index (κ1) is 21.9. The first-order valence-corrected chi connectivity index (χ1v) is 9.90. The summed E-state index contributed by atoms with van der Waals surface area (Å²) in [6, 6.07) is 3.65. The number of fused-ring (bicyclic) bond motifs is 2. The molecule has 0 saturated carbocycles. The smallest absolute Gasteiger partial charge is 0.416 e. The van der Waals surface area contributed by atoms with E-state index in [2.05, 4.69) is 6.58 Å². The summed E-state index contributed by atoms with van der Waals surface area (Å²) in [5.41, 5.74) is 0.233. The summed E-state index contributed by atoms with van der Waals surface area (Å²) in [6.07, 6.45) is -3.01. The predicted molar refractivity (Wildman–Crippen MR) is 104 cm³/mol. The molecular formula is C23H19F3O6. The lowest BCUT2D eigenvalue weighted by Crippen LogP contribution is -2.33. The van der Waals surface area contributed by atoms with Gasteiger partial charge < -0.3 is 14.2 Å². The Morgan fingerprint density at radius 3 is 2.41 bits per heavy atom. The van der Waals surface area contributed by atoms with E-state index in [1.165, 1.54) is 0 Å². The van der Waals surface area contributed by atoms with E-state index in [0.717, 1.165) is 29.8 Å². The third-order valence-electron chi connectivity index (χ3n) is 5.67. The van der Waals surface area contributed by atoms with Crippen molar-refractivity contribution in [2.75, 3.05) is 0 Å². The van der Waals surface area contributed by atoms with E-state index >= 15 is 0 Å². The normalized spacial score (nSPS) is 29.3. The fourth-order valence-corrected chi connectivity index (χ4v) is 4.10. The molecule has 0 spiro atoms. The van der Waals surface area contributed by atoms with Gasteiger partial charge in [-0.25, -0.2) is 14.4 Å². The molecule has 1 saturated heterocycles. The fourth-order valence-electron chi connectivity index (χ4n) is 4.10. The molecule has 0 N–H and O–H groups in total. The summed E-state index contributed by atoms with van der Waals surface area (Å²) in [7, 11) is 0. The summed E-state index contributed by atoms with van der Waals surface area (Å²) in [6.45, 7) is 5.52. The molecule has 4 atom stereocenters. The molecule has 1 fully saturated rings. The summed E-state index contributed by atoms with van der Waals surface area (Å²) < 4.78 is 54.7. The van der Waals surface area contributed by atoms with Crippen LogP contribution < -0.4 is 0 Å². The fraction of sp³-hybridized carbons (Fsp3) is 0.348. The maximum Gasteiger partial charge on any atom is 0.416 e. The zero-order valence-electron chi connectivity index (χ0n) is 17.0. The zero-order chi connectivity index (χ0) is 23.2. The third-order valence-corrected chi connectivity index (χ3v) is 5.67. The van der Waals surface area contributed by atoms with E-state index in [1.54, 1.807) is 19.1 Å². The zero-order valence-corrected chi connectivity index (χ0v) is 17.0. The highest BCUT2D eigenvalue weighted by molar-refractivity contribution is 5.94. The van der Waals surface area contributed by atoms with Gasteiger partial charge in [-0.2, -0.15) is 13.2 Å². The van der Waals surface area contributed by atoms with Gasteiger partial charge in [0.1, 0.15) is 18.3 Å². The van der Waals surface area contributed by atoms with Crippen molar-refractivity contribution in [3.05, 3.63) is 70.8 Å². The summed E-state index contributed by atoms with van der Waals surface area (Å²) in [5, 5.41) is 0. The second-order valence-corrected chi connectivity index (χ2v) is 8.00. The van der Waals surface area contributed by atoms with Crippen LogP contribution in [0.2, 0.25) is 0 Å². The summed E-state index contributed by atoms with van der Waals surface area (Å²) in [5.74, 6) is -2.77. The number of ether oxygens (including phenoxy) is 3. The van der Waals surface area contributed by atoms with E-state index in [-0.39, 0.29) is 17.6 Å². The highest BCUT2D eigenvalue weighted by Crippen LogP contribution is 2.38. The molecule has 0 amide bonds. The number of alkyl halides is 3. The Morgan fingerprint density at radius 2 is 1.75 bits per heavy atom. The van der Waals surface area contributed by atoms with E-state index in [4.69, 9.17) is 14.2 Å². The van der Waals surface area contributed by atoms with Crippen LogP contribution >= 0.6 is 0 Å². The number of hydrogen-bond acceptors (Lipinski definition) is 6. The molecule has 0 aromatic heterocycles. The molecule has 0 unspecified atom stereocenters. The van der Waals surface area contributed by atoms with Gasteiger partial charge in [-0.3, -0.25) is 0 Å². The van der Waals surface area contributed by atoms with Crippen LogP contribution in [0.3, 0.4) is 0 Å². The van der Waals surface area contributed by atoms with Crippen LogP contribution in [0.5, 0.6) is 0 Å². The van der Waals surface area contributed by atoms with Crippen LogP contribution in [0.25, 0.3) is 0 Å². The van der Waals surface area contributed by atoms with Gasteiger partial charge in [-0.15, -0.1) is 0 Å². The second kappa shape index (κ2) is 7.96. The van der Waals surface area contributed by atoms with E-state index < -0.39 is 53.9 Å². The monoisotopic (exact) mass is 448 g/mol. The average molecular weight is 448 g/mol. The Balaban J connectivity index is 1.63. The Bertz CT molecular complexity index is 1050. The van der Waals surface area contributed by atoms with Gasteiger partial charge >= 0.3 is 24.1 Å². The number of halogens is 3. The quantitative estimate of drug-likeness (QED) is 0.295. The van der Waals surface area contributed by atoms with Crippen LogP contribution in [0.1, 0.15) is 35.7 Å². The van der Waals surface area contributed by atoms with Crippen molar-refractivity contribution in [2.45, 2.75) is 44.3 Å². The molecule has 1 aliphatic carbocycles. The maximum atomic E-state index is 12.8. The van der Waals surface area contributed by atoms with Crippen molar-refractivity contribution in [3.8, 4) is 0 Å². The molecule has 2 aliphatic heterocycles. The summed E-state index contributed by atoms with van der Waals surface area (Å²) in [4.78, 5) is 37.1. The number of carbonyl (C=O) groups is 3. The van der Waals surface area contributed by atoms with Crippen LogP contribution in [0.15, 0.2) is 59.7 Å². The van der Waals surface area contributed by atoms with Crippen LogP contribution in [-0.4, -0.2) is 36.2 Å². The lowest BCUT2D eigenvalue weighted by molar-refractivity contribution is -0.142. The Kier molecular flexibility index (Phi) is 5.44. The van der Waals surface area contributed by atoms with Crippen molar-refractivity contribution >= 4 is 17.9 Å². The lowest BCUT2D eigenvalue weighted by Gasteiger charge is -2.26. The maximum absolute atomic E-state index is 12.8. The molecule has 1 aromatic carbocycles. The highest BCUT2D eigenvalue weighted by Gasteiger charge is 2.46. The van der Waals surface area contributed by atoms with Gasteiger partial charge in [-0.05, 0) is 43.3 Å². The van der Waals surface area contributed by atoms with Crippen LogP contribution in [-0.2, 0) is 30.0 Å². The molecule has 3 aliphatic rings. The van der Waals surface area contributed by atoms with Gasteiger partial charge in [-0.1, -0.05) is 12.2 Å². The molecule has 2 heterocycles. The number of carbonyl (C=O) groups excluding carboxylic acids is 3. The first-order valence-electron chi connectivity index (χ1n) is 9.90. The lowest BCUT2D eigenvalue weighted by atomic mass is 9.85. The minimum Gasteiger partial charge on any atom is -0.458 e. The minimum atomic E-state index is -4.53. The second-order valence-electron chi connectivity index (χ2n) is 8.00. The highest BCUT2D eigenvalue weighted by atomic mass is 19.4. The van der Waals surface area contributed by atoms with Crippen molar-refractivity contribution in [1.29, 1.82) is 0 Å². The molecule has 2 bridgehead atoms. The molecule has 32 heavy (non-hydrogen) atoms. The van der Waals surface area contributed by atoms with E-state index in [1.807, 2.05) is 0 Å². The molecule has 6 nitrogen and oxygen atoms in total. The molecule has 168 valence electrons. The molecule has 9 heteroatoms. The molecule has 4 rings (SSSR count). The number of esters is 3. The van der Waals surface area contributed by atoms with Gasteiger partial charge in [0.25, 0.3) is 0 Å². The van der Waals surface area contributed by atoms with Gasteiger partial charge in [0.05, 0.1) is 17.0 Å². The molecular weight excluding hydrogens is 429 g/mol.